The predicted molar refractivity (Wildman–Crippen MR) is 130 cm³/mol. The summed E-state index contributed by atoms with van der Waals surface area (Å²) in [5.41, 5.74) is 1.47. The second-order valence-corrected chi connectivity index (χ2v) is 8.88. The van der Waals surface area contributed by atoms with Crippen molar-refractivity contribution >= 4 is 11.6 Å². The number of methoxy groups -OCH3 is 3. The summed E-state index contributed by atoms with van der Waals surface area (Å²) >= 11 is 6.09. The van der Waals surface area contributed by atoms with Crippen LogP contribution in [0.2, 0.25) is 5.02 Å². The molecule has 0 amide bonds. The largest absolute Gasteiger partial charge is 0.493 e. The summed E-state index contributed by atoms with van der Waals surface area (Å²) < 4.78 is 16.5. The SMILES string of the molecule is COc1cc(C(C#N)(CCCN(C)CCc2cccc(Cl)c2)C(C)C)cc(OC)c1OC. The van der Waals surface area contributed by atoms with Gasteiger partial charge in [0.25, 0.3) is 0 Å². The van der Waals surface area contributed by atoms with E-state index < -0.39 is 5.41 Å². The Kier molecular flexibility index (Phi) is 9.68. The Hall–Kier alpha value is -2.42. The van der Waals surface area contributed by atoms with Crippen molar-refractivity contribution in [2.75, 3.05) is 41.5 Å². The quantitative estimate of drug-likeness (QED) is 0.406. The van der Waals surface area contributed by atoms with Crippen molar-refractivity contribution in [1.29, 1.82) is 5.26 Å². The van der Waals surface area contributed by atoms with E-state index in [1.165, 1.54) is 5.56 Å². The monoisotopic (exact) mass is 458 g/mol. The zero-order valence-electron chi connectivity index (χ0n) is 20.1. The van der Waals surface area contributed by atoms with E-state index in [1.54, 1.807) is 21.3 Å². The summed E-state index contributed by atoms with van der Waals surface area (Å²) in [6.45, 7) is 6.03. The van der Waals surface area contributed by atoms with E-state index in [1.807, 2.05) is 30.3 Å². The number of hydrogen-bond acceptors (Lipinski definition) is 5. The van der Waals surface area contributed by atoms with Gasteiger partial charge in [0, 0.05) is 11.6 Å². The molecule has 1 unspecified atom stereocenters. The third-order valence-electron chi connectivity index (χ3n) is 6.15. The van der Waals surface area contributed by atoms with Crippen LogP contribution in [0.4, 0.5) is 0 Å². The zero-order chi connectivity index (χ0) is 23.7. The normalized spacial score (nSPS) is 13.0. The minimum Gasteiger partial charge on any atom is -0.493 e. The molecule has 5 nitrogen and oxygen atoms in total. The number of ether oxygens (including phenoxy) is 3. The molecule has 0 saturated heterocycles. The maximum Gasteiger partial charge on any atom is 0.203 e. The van der Waals surface area contributed by atoms with Crippen molar-refractivity contribution in [1.82, 2.24) is 4.90 Å². The fourth-order valence-electron chi connectivity index (χ4n) is 4.11. The Bertz CT molecular complexity index is 901. The van der Waals surface area contributed by atoms with E-state index in [0.717, 1.165) is 42.9 Å². The molecule has 0 spiro atoms. The van der Waals surface area contributed by atoms with Gasteiger partial charge in [0.05, 0.1) is 32.8 Å². The molecule has 0 fully saturated rings. The number of likely N-dealkylation sites (N-methyl/N-ethyl adjacent to an activating group) is 1. The van der Waals surface area contributed by atoms with E-state index >= 15 is 0 Å². The zero-order valence-corrected chi connectivity index (χ0v) is 20.8. The molecule has 1 atom stereocenters. The molecule has 0 aliphatic carbocycles. The summed E-state index contributed by atoms with van der Waals surface area (Å²) in [6, 6.07) is 14.4. The Labute approximate surface area is 197 Å². The first kappa shape index (κ1) is 25.8. The molecule has 0 aliphatic heterocycles. The number of benzene rings is 2. The number of halogens is 1. The summed E-state index contributed by atoms with van der Waals surface area (Å²) in [5, 5.41) is 11.1. The van der Waals surface area contributed by atoms with E-state index in [0.29, 0.717) is 17.2 Å². The van der Waals surface area contributed by atoms with Gasteiger partial charge in [0.15, 0.2) is 11.5 Å². The molecule has 0 aliphatic rings. The molecule has 2 rings (SSSR count). The molecule has 0 aromatic heterocycles. The van der Waals surface area contributed by atoms with E-state index in [9.17, 15) is 5.26 Å². The van der Waals surface area contributed by atoms with Crippen LogP contribution >= 0.6 is 11.6 Å². The van der Waals surface area contributed by atoms with E-state index in [4.69, 9.17) is 25.8 Å². The molecule has 2 aromatic rings. The van der Waals surface area contributed by atoms with Crippen LogP contribution in [-0.2, 0) is 11.8 Å². The van der Waals surface area contributed by atoms with Gasteiger partial charge in [-0.2, -0.15) is 5.26 Å². The van der Waals surface area contributed by atoms with Gasteiger partial charge >= 0.3 is 0 Å². The third kappa shape index (κ3) is 6.09. The van der Waals surface area contributed by atoms with Crippen LogP contribution in [0, 0.1) is 17.2 Å². The van der Waals surface area contributed by atoms with Crippen LogP contribution in [0.1, 0.15) is 37.8 Å². The fourth-order valence-corrected chi connectivity index (χ4v) is 4.32. The van der Waals surface area contributed by atoms with Crippen molar-refractivity contribution in [3.8, 4) is 23.3 Å². The minimum atomic E-state index is -0.652. The molecule has 0 saturated carbocycles. The van der Waals surface area contributed by atoms with Crippen LogP contribution in [-0.4, -0.2) is 46.4 Å². The van der Waals surface area contributed by atoms with Crippen molar-refractivity contribution in [2.24, 2.45) is 5.92 Å². The number of nitrogens with zero attached hydrogens (tertiary/aromatic N) is 2. The molecule has 0 radical (unpaired) electrons. The number of nitriles is 1. The topological polar surface area (TPSA) is 54.7 Å². The molecule has 32 heavy (non-hydrogen) atoms. The van der Waals surface area contributed by atoms with Gasteiger partial charge in [-0.05, 0) is 74.2 Å². The highest BCUT2D eigenvalue weighted by atomic mass is 35.5. The van der Waals surface area contributed by atoms with Gasteiger partial charge in [-0.3, -0.25) is 0 Å². The molecular formula is C26H35ClN2O3. The number of rotatable bonds is 12. The highest BCUT2D eigenvalue weighted by Gasteiger charge is 2.37. The lowest BCUT2D eigenvalue weighted by Crippen LogP contribution is -2.32. The van der Waals surface area contributed by atoms with Crippen molar-refractivity contribution in [2.45, 2.75) is 38.5 Å². The Morgan fingerprint density at radius 2 is 1.69 bits per heavy atom. The minimum absolute atomic E-state index is 0.118. The lowest BCUT2D eigenvalue weighted by atomic mass is 9.69. The molecule has 0 heterocycles. The molecule has 6 heteroatoms. The fraction of sp³-hybridized carbons (Fsp3) is 0.500. The first-order valence-electron chi connectivity index (χ1n) is 11.0. The molecular weight excluding hydrogens is 424 g/mol. The van der Waals surface area contributed by atoms with E-state index in [-0.39, 0.29) is 5.92 Å². The van der Waals surface area contributed by atoms with Crippen molar-refractivity contribution in [3.63, 3.8) is 0 Å². The highest BCUT2D eigenvalue weighted by Crippen LogP contribution is 2.45. The van der Waals surface area contributed by atoms with Crippen LogP contribution in [0.25, 0.3) is 0 Å². The van der Waals surface area contributed by atoms with Gasteiger partial charge in [-0.1, -0.05) is 37.6 Å². The third-order valence-corrected chi connectivity index (χ3v) is 6.38. The second-order valence-electron chi connectivity index (χ2n) is 8.44. The lowest BCUT2D eigenvalue weighted by molar-refractivity contribution is 0.290. The average Bonchev–Trinajstić information content (AvgIpc) is 2.79. The maximum absolute atomic E-state index is 10.3. The van der Waals surface area contributed by atoms with Gasteiger partial charge in [-0.25, -0.2) is 0 Å². The van der Waals surface area contributed by atoms with Gasteiger partial charge < -0.3 is 19.1 Å². The highest BCUT2D eigenvalue weighted by molar-refractivity contribution is 6.30. The summed E-state index contributed by atoms with van der Waals surface area (Å²) in [5.74, 6) is 1.80. The lowest BCUT2D eigenvalue weighted by Gasteiger charge is -2.33. The predicted octanol–water partition coefficient (Wildman–Crippen LogP) is 5.74. The molecule has 2 aromatic carbocycles. The smallest absolute Gasteiger partial charge is 0.203 e. The maximum atomic E-state index is 10.3. The Balaban J connectivity index is 2.14. The summed E-state index contributed by atoms with van der Waals surface area (Å²) in [6.07, 6.45) is 2.58. The van der Waals surface area contributed by atoms with Crippen LogP contribution in [0.5, 0.6) is 17.2 Å². The Morgan fingerprint density at radius 1 is 1.03 bits per heavy atom. The molecule has 174 valence electrons. The van der Waals surface area contributed by atoms with Crippen molar-refractivity contribution in [3.05, 3.63) is 52.5 Å². The van der Waals surface area contributed by atoms with Gasteiger partial charge in [0.1, 0.15) is 0 Å². The molecule has 0 N–H and O–H groups in total. The van der Waals surface area contributed by atoms with Crippen LogP contribution in [0.3, 0.4) is 0 Å². The standard InChI is InChI=1S/C26H35ClN2O3/c1-19(2)26(18-28,21-16-23(30-4)25(32-6)24(17-21)31-5)12-8-13-29(3)14-11-20-9-7-10-22(27)15-20/h7,9-10,15-17,19H,8,11-14H2,1-6H3. The summed E-state index contributed by atoms with van der Waals surface area (Å²) in [4.78, 5) is 2.30. The van der Waals surface area contributed by atoms with Crippen LogP contribution in [0.15, 0.2) is 36.4 Å². The average molecular weight is 459 g/mol. The Morgan fingerprint density at radius 3 is 2.19 bits per heavy atom. The first-order valence-corrected chi connectivity index (χ1v) is 11.3. The summed E-state index contributed by atoms with van der Waals surface area (Å²) in [7, 11) is 6.89. The second kappa shape index (κ2) is 12.0. The molecule has 0 bridgehead atoms. The first-order chi connectivity index (χ1) is 15.3. The van der Waals surface area contributed by atoms with Crippen molar-refractivity contribution < 1.29 is 14.2 Å². The van der Waals surface area contributed by atoms with Gasteiger partial charge in [0.2, 0.25) is 5.75 Å². The van der Waals surface area contributed by atoms with E-state index in [2.05, 4.69) is 37.9 Å². The number of hydrogen-bond donors (Lipinski definition) is 0. The van der Waals surface area contributed by atoms with Crippen LogP contribution < -0.4 is 14.2 Å². The van der Waals surface area contributed by atoms with Gasteiger partial charge in [-0.15, -0.1) is 0 Å².